The summed E-state index contributed by atoms with van der Waals surface area (Å²) in [5.74, 6) is 1.92. The van der Waals surface area contributed by atoms with Gasteiger partial charge in [-0.2, -0.15) is 5.10 Å². The van der Waals surface area contributed by atoms with Crippen LogP contribution >= 0.6 is 0 Å². The maximum absolute atomic E-state index is 12.5. The first kappa shape index (κ1) is 21.0. The topological polar surface area (TPSA) is 87.4 Å². The van der Waals surface area contributed by atoms with Crippen LogP contribution in [0.15, 0.2) is 23.0 Å². The number of aryl methyl sites for hydroxylation is 2. The van der Waals surface area contributed by atoms with Crippen LogP contribution in [-0.4, -0.2) is 40.0 Å². The van der Waals surface area contributed by atoms with Gasteiger partial charge in [0.2, 0.25) is 0 Å². The number of fused-ring (bicyclic) bond motifs is 1. The highest BCUT2D eigenvalue weighted by molar-refractivity contribution is 5.94. The van der Waals surface area contributed by atoms with Crippen LogP contribution in [0.5, 0.6) is 11.5 Å². The van der Waals surface area contributed by atoms with Crippen molar-refractivity contribution in [2.75, 3.05) is 19.8 Å². The van der Waals surface area contributed by atoms with Crippen molar-refractivity contribution >= 4 is 5.91 Å². The maximum Gasteiger partial charge on any atom is 0.345 e. The second-order valence-electron chi connectivity index (χ2n) is 7.08. The molecule has 8 heteroatoms. The molecule has 1 aliphatic heterocycles. The Hall–Kier alpha value is -2.77. The van der Waals surface area contributed by atoms with E-state index < -0.39 is 0 Å². The number of nitrogens with zero attached hydrogens (tertiary/aromatic N) is 3. The highest BCUT2D eigenvalue weighted by atomic mass is 16.5. The molecule has 0 spiro atoms. The van der Waals surface area contributed by atoms with Crippen molar-refractivity contribution < 1.29 is 14.3 Å². The van der Waals surface area contributed by atoms with Crippen LogP contribution in [-0.2, 0) is 19.5 Å². The van der Waals surface area contributed by atoms with Crippen molar-refractivity contribution in [2.45, 2.75) is 59.0 Å². The number of nitrogens with one attached hydrogen (secondary N) is 1. The molecule has 2 heterocycles. The average Bonchev–Trinajstić information content (AvgIpc) is 3.06. The second-order valence-corrected chi connectivity index (χ2v) is 7.08. The highest BCUT2D eigenvalue weighted by Gasteiger charge is 2.16. The number of carbonyl (C=O) groups excluding carboxylic acids is 1. The standard InChI is InChI=1S/C21H30N4O4/c1-3-14-29-17-10-9-16(15-18(17)28-4-2)20(26)22-11-7-13-25-21(27)24-12-6-5-8-19(24)23-25/h9-10,15H,3-8,11-14H2,1-2H3,(H,22,26). The number of hydrogen-bond donors (Lipinski definition) is 1. The summed E-state index contributed by atoms with van der Waals surface area (Å²) in [6.07, 6.45) is 4.51. The van der Waals surface area contributed by atoms with E-state index in [1.54, 1.807) is 22.8 Å². The molecule has 0 aliphatic carbocycles. The van der Waals surface area contributed by atoms with Gasteiger partial charge in [-0.05, 0) is 50.8 Å². The largest absolute Gasteiger partial charge is 0.490 e. The Bertz CT molecular complexity index is 887. The molecule has 158 valence electrons. The van der Waals surface area contributed by atoms with Crippen LogP contribution in [0, 0.1) is 0 Å². The van der Waals surface area contributed by atoms with Crippen LogP contribution in [0.4, 0.5) is 0 Å². The number of rotatable bonds is 10. The van der Waals surface area contributed by atoms with E-state index >= 15 is 0 Å². The minimum absolute atomic E-state index is 0.0462. The molecule has 1 amide bonds. The van der Waals surface area contributed by atoms with E-state index in [2.05, 4.69) is 10.4 Å². The third kappa shape index (κ3) is 5.19. The van der Waals surface area contributed by atoms with Crippen molar-refractivity contribution in [3.63, 3.8) is 0 Å². The monoisotopic (exact) mass is 402 g/mol. The first-order chi connectivity index (χ1) is 14.1. The minimum Gasteiger partial charge on any atom is -0.490 e. The van der Waals surface area contributed by atoms with Gasteiger partial charge in [-0.1, -0.05) is 6.92 Å². The third-order valence-electron chi connectivity index (χ3n) is 4.83. The summed E-state index contributed by atoms with van der Waals surface area (Å²) in [5, 5.41) is 7.31. The SMILES string of the molecule is CCCOc1ccc(C(=O)NCCCn2nc3n(c2=O)CCCC3)cc1OCC. The molecule has 0 saturated heterocycles. The van der Waals surface area contributed by atoms with E-state index in [1.807, 2.05) is 13.8 Å². The zero-order valence-corrected chi connectivity index (χ0v) is 17.3. The molecule has 2 aromatic rings. The molecule has 1 aromatic carbocycles. The summed E-state index contributed by atoms with van der Waals surface area (Å²) in [4.78, 5) is 24.8. The summed E-state index contributed by atoms with van der Waals surface area (Å²) in [5.41, 5.74) is 0.474. The number of ether oxygens (including phenoxy) is 2. The fourth-order valence-corrected chi connectivity index (χ4v) is 3.38. The molecule has 0 bridgehead atoms. The fourth-order valence-electron chi connectivity index (χ4n) is 3.38. The van der Waals surface area contributed by atoms with E-state index in [0.29, 0.717) is 49.8 Å². The van der Waals surface area contributed by atoms with E-state index in [0.717, 1.165) is 38.1 Å². The van der Waals surface area contributed by atoms with Crippen LogP contribution < -0.4 is 20.5 Å². The Balaban J connectivity index is 1.53. The van der Waals surface area contributed by atoms with Gasteiger partial charge in [0.25, 0.3) is 5.91 Å². The Labute approximate surface area is 170 Å². The molecule has 0 fully saturated rings. The van der Waals surface area contributed by atoms with E-state index in [4.69, 9.17) is 9.47 Å². The van der Waals surface area contributed by atoms with Crippen molar-refractivity contribution in [2.24, 2.45) is 0 Å². The van der Waals surface area contributed by atoms with Crippen LogP contribution in [0.2, 0.25) is 0 Å². The van der Waals surface area contributed by atoms with Crippen molar-refractivity contribution in [3.05, 3.63) is 40.1 Å². The molecule has 29 heavy (non-hydrogen) atoms. The van der Waals surface area contributed by atoms with Gasteiger partial charge >= 0.3 is 5.69 Å². The molecular weight excluding hydrogens is 372 g/mol. The normalized spacial score (nSPS) is 13.0. The number of aromatic nitrogens is 3. The lowest BCUT2D eigenvalue weighted by Crippen LogP contribution is -2.29. The van der Waals surface area contributed by atoms with Gasteiger partial charge in [0.15, 0.2) is 11.5 Å². The predicted octanol–water partition coefficient (Wildman–Crippen LogP) is 2.39. The second kappa shape index (κ2) is 10.1. The smallest absolute Gasteiger partial charge is 0.345 e. The van der Waals surface area contributed by atoms with Crippen molar-refractivity contribution in [1.29, 1.82) is 0 Å². The van der Waals surface area contributed by atoms with Gasteiger partial charge in [-0.15, -0.1) is 0 Å². The van der Waals surface area contributed by atoms with Crippen molar-refractivity contribution in [1.82, 2.24) is 19.7 Å². The summed E-state index contributed by atoms with van der Waals surface area (Å²) in [6.45, 7) is 6.74. The highest BCUT2D eigenvalue weighted by Crippen LogP contribution is 2.28. The molecule has 0 radical (unpaired) electrons. The lowest BCUT2D eigenvalue weighted by molar-refractivity contribution is 0.0952. The number of hydrogen-bond acceptors (Lipinski definition) is 5. The van der Waals surface area contributed by atoms with Gasteiger partial charge in [-0.3, -0.25) is 9.36 Å². The fraction of sp³-hybridized carbons (Fsp3) is 0.571. The van der Waals surface area contributed by atoms with Crippen molar-refractivity contribution in [3.8, 4) is 11.5 Å². The van der Waals surface area contributed by atoms with Crippen LogP contribution in [0.25, 0.3) is 0 Å². The summed E-state index contributed by atoms with van der Waals surface area (Å²) in [7, 11) is 0. The molecule has 3 rings (SSSR count). The molecule has 0 unspecified atom stereocenters. The zero-order valence-electron chi connectivity index (χ0n) is 17.3. The third-order valence-corrected chi connectivity index (χ3v) is 4.83. The molecule has 0 saturated carbocycles. The summed E-state index contributed by atoms with van der Waals surface area (Å²) >= 11 is 0. The molecule has 8 nitrogen and oxygen atoms in total. The Kier molecular flexibility index (Phi) is 7.32. The molecule has 1 aromatic heterocycles. The average molecular weight is 402 g/mol. The first-order valence-corrected chi connectivity index (χ1v) is 10.5. The van der Waals surface area contributed by atoms with E-state index in [-0.39, 0.29) is 11.6 Å². The minimum atomic E-state index is -0.176. The van der Waals surface area contributed by atoms with Gasteiger partial charge in [-0.25, -0.2) is 9.48 Å². The first-order valence-electron chi connectivity index (χ1n) is 10.5. The summed E-state index contributed by atoms with van der Waals surface area (Å²) < 4.78 is 14.6. The number of benzene rings is 1. The van der Waals surface area contributed by atoms with E-state index in [9.17, 15) is 9.59 Å². The predicted molar refractivity (Wildman–Crippen MR) is 110 cm³/mol. The van der Waals surface area contributed by atoms with E-state index in [1.165, 1.54) is 4.68 Å². The van der Waals surface area contributed by atoms with Gasteiger partial charge < -0.3 is 14.8 Å². The van der Waals surface area contributed by atoms with Crippen LogP contribution in [0.3, 0.4) is 0 Å². The summed E-state index contributed by atoms with van der Waals surface area (Å²) in [6, 6.07) is 5.21. The number of amides is 1. The Morgan fingerprint density at radius 3 is 2.83 bits per heavy atom. The molecule has 1 N–H and O–H groups in total. The molecule has 1 aliphatic rings. The lowest BCUT2D eigenvalue weighted by atomic mass is 10.2. The van der Waals surface area contributed by atoms with Gasteiger partial charge in [0.1, 0.15) is 5.82 Å². The van der Waals surface area contributed by atoms with Gasteiger partial charge in [0.05, 0.1) is 13.2 Å². The van der Waals surface area contributed by atoms with Crippen LogP contribution in [0.1, 0.15) is 55.7 Å². The molecular formula is C21H30N4O4. The maximum atomic E-state index is 12.5. The zero-order chi connectivity index (χ0) is 20.6. The Morgan fingerprint density at radius 2 is 2.07 bits per heavy atom. The lowest BCUT2D eigenvalue weighted by Gasteiger charge is -2.13. The quantitative estimate of drug-likeness (QED) is 0.617. The molecule has 0 atom stereocenters. The van der Waals surface area contributed by atoms with Gasteiger partial charge in [0, 0.05) is 31.6 Å². The number of carbonyl (C=O) groups is 1. The Morgan fingerprint density at radius 1 is 1.21 bits per heavy atom.